The SMILES string of the molecule is N#CN=C=[N-].N#CN=C=[N-].N#CN=C=[N-].N#CN=C=[N-].[Sn+4]. The third-order valence-electron chi connectivity index (χ3n) is 0.400. The first-order chi connectivity index (χ1) is 9.66. The zero-order valence-corrected chi connectivity index (χ0v) is 12.7. The van der Waals surface area contributed by atoms with Crippen molar-refractivity contribution in [3.05, 3.63) is 21.6 Å². The van der Waals surface area contributed by atoms with E-state index in [0.29, 0.717) is 0 Å². The monoisotopic (exact) mass is 384 g/mol. The maximum absolute atomic E-state index is 7.43. The van der Waals surface area contributed by atoms with Crippen molar-refractivity contribution in [1.82, 2.24) is 0 Å². The summed E-state index contributed by atoms with van der Waals surface area (Å²) in [7, 11) is 0. The molecule has 0 aliphatic carbocycles. The predicted molar refractivity (Wildman–Crippen MR) is 71.4 cm³/mol. The quantitative estimate of drug-likeness (QED) is 0.329. The number of hydrogen-bond acceptors (Lipinski definition) is 8. The summed E-state index contributed by atoms with van der Waals surface area (Å²) in [5, 5.41) is 59.4. The Bertz CT molecular complexity index is 486. The molecule has 0 rings (SSSR count). The first kappa shape index (κ1) is 30.4. The fraction of sp³-hybridized carbons (Fsp3) is 0. The summed E-state index contributed by atoms with van der Waals surface area (Å²) in [4.78, 5) is 10.3. The molecule has 0 saturated heterocycles. The summed E-state index contributed by atoms with van der Waals surface area (Å²) in [6, 6.07) is 5.12. The number of nitrogens with zero attached hydrogens (tertiary/aromatic N) is 12. The van der Waals surface area contributed by atoms with Crippen molar-refractivity contribution >= 4 is 47.9 Å². The number of rotatable bonds is 0. The Morgan fingerprint density at radius 3 is 0.619 bits per heavy atom. The van der Waals surface area contributed by atoms with E-state index in [1.165, 1.54) is 48.8 Å². The van der Waals surface area contributed by atoms with Crippen molar-refractivity contribution in [2.75, 3.05) is 0 Å². The van der Waals surface area contributed by atoms with Gasteiger partial charge in [-0.1, -0.05) is 0 Å². The molecule has 0 saturated carbocycles. The summed E-state index contributed by atoms with van der Waals surface area (Å²) in [5.41, 5.74) is 0. The van der Waals surface area contributed by atoms with E-state index in [0.717, 1.165) is 0 Å². The van der Waals surface area contributed by atoms with E-state index in [1.54, 1.807) is 0 Å². The van der Waals surface area contributed by atoms with Gasteiger partial charge in [0.15, 0.2) is 0 Å². The molecule has 0 fully saturated rings. The van der Waals surface area contributed by atoms with Gasteiger partial charge in [0.25, 0.3) is 0 Å². The fourth-order valence-electron chi connectivity index (χ4n) is 0.0894. The Morgan fingerprint density at radius 2 is 0.619 bits per heavy atom. The average Bonchev–Trinajstić information content (AvgIpc) is 2.44. The molecule has 0 aliphatic rings. The average molecular weight is 383 g/mol. The molecule has 0 spiro atoms. The second-order valence-corrected chi connectivity index (χ2v) is 1.25. The van der Waals surface area contributed by atoms with Gasteiger partial charge in [-0.25, -0.2) is 0 Å². The number of aliphatic imine (C=N–C) groups is 4. The first-order valence-corrected chi connectivity index (χ1v) is 3.58. The minimum absolute atomic E-state index is 0. The molecule has 0 aliphatic heterocycles. The summed E-state index contributed by atoms with van der Waals surface area (Å²) >= 11 is 0. The van der Waals surface area contributed by atoms with Crippen LogP contribution in [-0.4, -0.2) is 47.9 Å². The molecule has 13 heteroatoms. The van der Waals surface area contributed by atoms with Gasteiger partial charge >= 0.3 is 23.9 Å². The van der Waals surface area contributed by atoms with Crippen LogP contribution in [0.4, 0.5) is 0 Å². The molecule has 0 bridgehead atoms. The Labute approximate surface area is 135 Å². The molecular weight excluding hydrogens is 383 g/mol. The Hall–Kier alpha value is -3.72. The molecule has 0 N–H and O–H groups in total. The van der Waals surface area contributed by atoms with E-state index in [2.05, 4.69) is 20.0 Å². The Balaban J connectivity index is -0.0000000533. The van der Waals surface area contributed by atoms with Gasteiger partial charge in [-0.3, -0.25) is 0 Å². The fourth-order valence-corrected chi connectivity index (χ4v) is 0.0894. The molecule has 0 aromatic heterocycles. The van der Waals surface area contributed by atoms with Gasteiger partial charge in [-0.15, -0.1) is 24.0 Å². The van der Waals surface area contributed by atoms with Gasteiger partial charge in [0.05, 0.1) is 24.8 Å². The van der Waals surface area contributed by atoms with Gasteiger partial charge in [-0.05, 0) is 0 Å². The predicted octanol–water partition coefficient (Wildman–Crippen LogP) is 0.462. The van der Waals surface area contributed by atoms with Crippen molar-refractivity contribution in [3.63, 3.8) is 0 Å². The zero-order valence-electron chi connectivity index (χ0n) is 9.87. The summed E-state index contributed by atoms with van der Waals surface area (Å²) < 4.78 is 0. The van der Waals surface area contributed by atoms with Crippen LogP contribution in [0.15, 0.2) is 20.0 Å². The van der Waals surface area contributed by atoms with Crippen LogP contribution < -0.4 is 0 Å². The van der Waals surface area contributed by atoms with E-state index in [9.17, 15) is 0 Å². The van der Waals surface area contributed by atoms with Gasteiger partial charge in [0, 0.05) is 0 Å². The van der Waals surface area contributed by atoms with Gasteiger partial charge in [-0.2, -0.15) is 21.0 Å². The topological polar surface area (TPSA) is 234 Å². The van der Waals surface area contributed by atoms with Crippen molar-refractivity contribution < 1.29 is 0 Å². The first-order valence-electron chi connectivity index (χ1n) is 3.58. The van der Waals surface area contributed by atoms with Crippen LogP contribution in [0.3, 0.4) is 0 Å². The molecule has 0 amide bonds. The standard InChI is InChI=1S/4C2N3.Sn/c4*3-1-5-2-4;/q4*-1;+4. The molecule has 12 nitrogen and oxygen atoms in total. The largest absolute Gasteiger partial charge is 4.00 e. The van der Waals surface area contributed by atoms with Gasteiger partial charge < -0.3 is 41.6 Å². The van der Waals surface area contributed by atoms with Crippen LogP contribution in [0, 0.1) is 45.8 Å². The van der Waals surface area contributed by atoms with Crippen LogP contribution in [-0.2, 0) is 0 Å². The minimum atomic E-state index is 0. The molecule has 0 radical (unpaired) electrons. The second-order valence-electron chi connectivity index (χ2n) is 1.25. The molecular formula is C8N12Sn. The van der Waals surface area contributed by atoms with Crippen molar-refractivity contribution in [1.29, 1.82) is 21.0 Å². The third kappa shape index (κ3) is 181. The second kappa shape index (κ2) is 55.4. The third-order valence-corrected chi connectivity index (χ3v) is 0.400. The maximum atomic E-state index is 7.43. The van der Waals surface area contributed by atoms with E-state index in [1.807, 2.05) is 0 Å². The van der Waals surface area contributed by atoms with Crippen LogP contribution in [0.5, 0.6) is 0 Å². The van der Waals surface area contributed by atoms with Crippen LogP contribution >= 0.6 is 0 Å². The van der Waals surface area contributed by atoms with Gasteiger partial charge in [0.1, 0.15) is 0 Å². The van der Waals surface area contributed by atoms with Gasteiger partial charge in [0.2, 0.25) is 0 Å². The number of hydrogen-bond donors (Lipinski definition) is 0. The molecule has 0 unspecified atom stereocenters. The molecule has 96 valence electrons. The molecule has 0 heterocycles. The zero-order chi connectivity index (χ0) is 16.5. The normalized spacial score (nSPS) is 3.62. The van der Waals surface area contributed by atoms with E-state index in [4.69, 9.17) is 42.7 Å². The van der Waals surface area contributed by atoms with Crippen molar-refractivity contribution in [3.8, 4) is 24.8 Å². The van der Waals surface area contributed by atoms with Crippen LogP contribution in [0.1, 0.15) is 0 Å². The van der Waals surface area contributed by atoms with Crippen molar-refractivity contribution in [2.45, 2.75) is 0 Å². The molecule has 0 aromatic rings. The van der Waals surface area contributed by atoms with E-state index < -0.39 is 0 Å². The summed E-state index contributed by atoms with van der Waals surface area (Å²) in [5.74, 6) is 0. The molecule has 21 heavy (non-hydrogen) atoms. The number of nitriles is 4. The van der Waals surface area contributed by atoms with E-state index in [-0.39, 0.29) is 23.9 Å². The van der Waals surface area contributed by atoms with E-state index >= 15 is 0 Å². The van der Waals surface area contributed by atoms with Crippen LogP contribution in [0.25, 0.3) is 21.6 Å². The minimum Gasteiger partial charge on any atom is -0.422 e. The maximum Gasteiger partial charge on any atom is 4.00 e. The van der Waals surface area contributed by atoms with Crippen molar-refractivity contribution in [2.24, 2.45) is 20.0 Å². The summed E-state index contributed by atoms with van der Waals surface area (Å²) in [6.45, 7) is 0. The Kier molecular flexibility index (Phi) is 80.2. The molecule has 0 aromatic carbocycles. The van der Waals surface area contributed by atoms with Crippen LogP contribution in [0.2, 0.25) is 0 Å². The Morgan fingerprint density at radius 1 is 0.476 bits per heavy atom. The smallest absolute Gasteiger partial charge is 0.422 e. The summed E-state index contributed by atoms with van der Waals surface area (Å²) in [6.07, 6.45) is 5.12. The molecule has 0 atom stereocenters.